The number of hydrogen-bond acceptors (Lipinski definition) is 3. The highest BCUT2D eigenvalue weighted by Gasteiger charge is 2.33. The molecule has 0 amide bonds. The Kier molecular flexibility index (Phi) is 4.35. The fraction of sp³-hybridized carbons (Fsp3) is 0.240. The molecule has 138 valence electrons. The molecular formula is C25H23N3. The van der Waals surface area contributed by atoms with E-state index in [4.69, 9.17) is 5.26 Å². The molecule has 0 spiro atoms. The molecule has 1 heterocycles. The summed E-state index contributed by atoms with van der Waals surface area (Å²) in [5.74, 6) is 0. The highest BCUT2D eigenvalue weighted by Crippen LogP contribution is 2.46. The second-order valence-electron chi connectivity index (χ2n) is 7.61. The van der Waals surface area contributed by atoms with Gasteiger partial charge in [-0.15, -0.1) is 0 Å². The van der Waals surface area contributed by atoms with Crippen LogP contribution < -0.4 is 4.90 Å². The van der Waals surface area contributed by atoms with Crippen molar-refractivity contribution in [2.45, 2.75) is 12.5 Å². The molecule has 1 aliphatic heterocycles. The number of rotatable bonds is 2. The zero-order valence-electron chi connectivity index (χ0n) is 15.9. The first kappa shape index (κ1) is 17.0. The van der Waals surface area contributed by atoms with Crippen molar-refractivity contribution in [2.75, 3.05) is 31.1 Å². The van der Waals surface area contributed by atoms with Gasteiger partial charge in [0.15, 0.2) is 0 Å². The van der Waals surface area contributed by atoms with Crippen molar-refractivity contribution in [3.63, 3.8) is 0 Å². The van der Waals surface area contributed by atoms with Crippen molar-refractivity contribution < 1.29 is 0 Å². The summed E-state index contributed by atoms with van der Waals surface area (Å²) in [7, 11) is 0. The van der Waals surface area contributed by atoms with Gasteiger partial charge in [-0.05, 0) is 52.9 Å². The lowest BCUT2D eigenvalue weighted by Crippen LogP contribution is -2.33. The maximum absolute atomic E-state index is 9.03. The predicted octanol–water partition coefficient (Wildman–Crippen LogP) is 4.84. The second kappa shape index (κ2) is 7.14. The van der Waals surface area contributed by atoms with Crippen LogP contribution in [0.3, 0.4) is 0 Å². The lowest BCUT2D eigenvalue weighted by atomic mass is 10.0. The third-order valence-corrected chi connectivity index (χ3v) is 6.06. The second-order valence-corrected chi connectivity index (χ2v) is 7.61. The fourth-order valence-electron chi connectivity index (χ4n) is 4.72. The van der Waals surface area contributed by atoms with E-state index in [0.29, 0.717) is 6.04 Å². The van der Waals surface area contributed by atoms with Crippen LogP contribution in [0.25, 0.3) is 11.1 Å². The van der Waals surface area contributed by atoms with Gasteiger partial charge in [0.25, 0.3) is 0 Å². The van der Waals surface area contributed by atoms with Crippen LogP contribution in [0.4, 0.5) is 5.69 Å². The van der Waals surface area contributed by atoms with E-state index in [1.165, 1.54) is 27.9 Å². The Balaban J connectivity index is 1.41. The van der Waals surface area contributed by atoms with Gasteiger partial charge in [-0.3, -0.25) is 4.90 Å². The van der Waals surface area contributed by atoms with E-state index < -0.39 is 0 Å². The predicted molar refractivity (Wildman–Crippen MR) is 113 cm³/mol. The molecule has 0 bridgehead atoms. The summed E-state index contributed by atoms with van der Waals surface area (Å²) in [5.41, 5.74) is 7.59. The molecule has 2 aliphatic rings. The lowest BCUT2D eigenvalue weighted by molar-refractivity contribution is 0.245. The minimum Gasteiger partial charge on any atom is -0.370 e. The van der Waals surface area contributed by atoms with E-state index in [2.05, 4.69) is 76.5 Å². The van der Waals surface area contributed by atoms with E-state index in [1.54, 1.807) is 0 Å². The van der Waals surface area contributed by atoms with Crippen LogP contribution in [0, 0.1) is 11.3 Å². The molecule has 0 N–H and O–H groups in total. The molecule has 1 saturated heterocycles. The molecule has 1 aliphatic carbocycles. The Morgan fingerprint density at radius 1 is 0.714 bits per heavy atom. The zero-order valence-corrected chi connectivity index (χ0v) is 15.9. The summed E-state index contributed by atoms with van der Waals surface area (Å²) in [5, 5.41) is 9.03. The van der Waals surface area contributed by atoms with Crippen LogP contribution in [0.2, 0.25) is 0 Å². The monoisotopic (exact) mass is 365 g/mol. The van der Waals surface area contributed by atoms with Gasteiger partial charge in [0, 0.05) is 31.9 Å². The van der Waals surface area contributed by atoms with Gasteiger partial charge in [0.05, 0.1) is 17.7 Å². The first-order chi connectivity index (χ1) is 13.8. The summed E-state index contributed by atoms with van der Waals surface area (Å²) in [6.07, 6.45) is 1.14. The average molecular weight is 365 g/mol. The molecule has 3 aromatic carbocycles. The molecule has 3 aromatic rings. The Hall–Kier alpha value is -3.09. The topological polar surface area (TPSA) is 30.3 Å². The number of anilines is 1. The number of nitriles is 1. The van der Waals surface area contributed by atoms with Crippen molar-refractivity contribution in [1.82, 2.24) is 4.90 Å². The van der Waals surface area contributed by atoms with E-state index in [1.807, 2.05) is 12.1 Å². The molecule has 3 nitrogen and oxygen atoms in total. The minimum absolute atomic E-state index is 0.355. The number of fused-ring (bicyclic) bond motifs is 3. The van der Waals surface area contributed by atoms with Gasteiger partial charge >= 0.3 is 0 Å². The molecule has 0 aromatic heterocycles. The van der Waals surface area contributed by atoms with Crippen LogP contribution in [-0.4, -0.2) is 31.1 Å². The van der Waals surface area contributed by atoms with Crippen molar-refractivity contribution in [3.8, 4) is 17.2 Å². The fourth-order valence-corrected chi connectivity index (χ4v) is 4.72. The zero-order chi connectivity index (χ0) is 18.9. The van der Waals surface area contributed by atoms with E-state index in [-0.39, 0.29) is 0 Å². The van der Waals surface area contributed by atoms with Crippen LogP contribution in [-0.2, 0) is 0 Å². The van der Waals surface area contributed by atoms with Crippen LogP contribution in [0.1, 0.15) is 29.2 Å². The number of nitrogens with zero attached hydrogens (tertiary/aromatic N) is 3. The summed E-state index contributed by atoms with van der Waals surface area (Å²) in [4.78, 5) is 5.10. The van der Waals surface area contributed by atoms with Crippen LogP contribution in [0.5, 0.6) is 0 Å². The molecule has 3 heteroatoms. The Morgan fingerprint density at radius 3 is 2.00 bits per heavy atom. The summed E-state index contributed by atoms with van der Waals surface area (Å²) >= 11 is 0. The standard InChI is InChI=1S/C25H23N3/c26-18-19-10-12-20(13-11-19)27-14-5-15-28(17-16-27)25-23-8-3-1-6-21(23)22-7-2-4-9-24(22)25/h1-4,6-13,25H,5,14-17H2. The third-order valence-electron chi connectivity index (χ3n) is 6.06. The quantitative estimate of drug-likeness (QED) is 0.651. The summed E-state index contributed by atoms with van der Waals surface area (Å²) in [6.45, 7) is 4.19. The number of hydrogen-bond donors (Lipinski definition) is 0. The highest BCUT2D eigenvalue weighted by molar-refractivity contribution is 5.78. The Morgan fingerprint density at radius 2 is 1.36 bits per heavy atom. The average Bonchev–Trinajstić information content (AvgIpc) is 2.90. The maximum Gasteiger partial charge on any atom is 0.0991 e. The highest BCUT2D eigenvalue weighted by atomic mass is 15.2. The van der Waals surface area contributed by atoms with Crippen LogP contribution in [0.15, 0.2) is 72.8 Å². The molecule has 28 heavy (non-hydrogen) atoms. The maximum atomic E-state index is 9.03. The van der Waals surface area contributed by atoms with Gasteiger partial charge in [-0.25, -0.2) is 0 Å². The summed E-state index contributed by atoms with van der Waals surface area (Å²) in [6, 6.07) is 28.3. The van der Waals surface area contributed by atoms with Crippen LogP contribution >= 0.6 is 0 Å². The van der Waals surface area contributed by atoms with Crippen molar-refractivity contribution in [1.29, 1.82) is 5.26 Å². The first-order valence-electron chi connectivity index (χ1n) is 10.0. The third kappa shape index (κ3) is 2.87. The molecule has 0 saturated carbocycles. The van der Waals surface area contributed by atoms with Gasteiger partial charge in [-0.1, -0.05) is 48.5 Å². The molecule has 0 radical (unpaired) electrons. The van der Waals surface area contributed by atoms with Crippen molar-refractivity contribution in [2.24, 2.45) is 0 Å². The van der Waals surface area contributed by atoms with Gasteiger partial charge in [-0.2, -0.15) is 5.26 Å². The van der Waals surface area contributed by atoms with Crippen molar-refractivity contribution >= 4 is 5.69 Å². The summed E-state index contributed by atoms with van der Waals surface area (Å²) < 4.78 is 0. The SMILES string of the molecule is N#Cc1ccc(N2CCCN(C3c4ccccc4-c4ccccc43)CC2)cc1. The molecule has 0 unspecified atom stereocenters. The molecule has 5 rings (SSSR count). The number of benzene rings is 3. The lowest BCUT2D eigenvalue weighted by Gasteiger charge is -2.29. The van der Waals surface area contributed by atoms with Crippen molar-refractivity contribution in [3.05, 3.63) is 89.5 Å². The largest absolute Gasteiger partial charge is 0.370 e. The van der Waals surface area contributed by atoms with E-state index in [0.717, 1.165) is 38.2 Å². The van der Waals surface area contributed by atoms with E-state index in [9.17, 15) is 0 Å². The molecule has 1 fully saturated rings. The molecular weight excluding hydrogens is 342 g/mol. The van der Waals surface area contributed by atoms with Gasteiger partial charge in [0.2, 0.25) is 0 Å². The van der Waals surface area contributed by atoms with Gasteiger partial charge in [0.1, 0.15) is 0 Å². The first-order valence-corrected chi connectivity index (χ1v) is 10.0. The smallest absolute Gasteiger partial charge is 0.0991 e. The van der Waals surface area contributed by atoms with E-state index >= 15 is 0 Å². The minimum atomic E-state index is 0.355. The Labute approximate surface area is 166 Å². The van der Waals surface area contributed by atoms with Gasteiger partial charge < -0.3 is 4.90 Å². The molecule has 0 atom stereocenters. The normalized spacial score (nSPS) is 16.9. The Bertz CT molecular complexity index is 987.